The lowest BCUT2D eigenvalue weighted by atomic mass is 10.1. The number of phenols is 1. The third-order valence-corrected chi connectivity index (χ3v) is 2.38. The molecule has 0 amide bonds. The molecule has 0 saturated heterocycles. The normalized spacial score (nSPS) is 15.7. The van der Waals surface area contributed by atoms with E-state index < -0.39 is 0 Å². The van der Waals surface area contributed by atoms with Crippen molar-refractivity contribution in [2.24, 2.45) is 5.92 Å². The van der Waals surface area contributed by atoms with Crippen molar-refractivity contribution >= 4 is 5.78 Å². The fourth-order valence-corrected chi connectivity index (χ4v) is 1.40. The van der Waals surface area contributed by atoms with Crippen LogP contribution in [0.2, 0.25) is 0 Å². The van der Waals surface area contributed by atoms with Gasteiger partial charge in [0.2, 0.25) is 0 Å². The molecule has 0 bridgehead atoms. The highest BCUT2D eigenvalue weighted by Crippen LogP contribution is 2.34. The summed E-state index contributed by atoms with van der Waals surface area (Å²) in [5.41, 5.74) is 0.467. The monoisotopic (exact) mass is 176 g/mol. The first-order chi connectivity index (χ1) is 6.27. The molecule has 0 radical (unpaired) electrons. The molecular formula is C11H12O2. The van der Waals surface area contributed by atoms with E-state index in [0.29, 0.717) is 17.9 Å². The highest BCUT2D eigenvalue weighted by molar-refractivity contribution is 5.98. The second-order valence-electron chi connectivity index (χ2n) is 3.59. The minimum absolute atomic E-state index is 0.0700. The van der Waals surface area contributed by atoms with Crippen molar-refractivity contribution < 1.29 is 9.90 Å². The maximum absolute atomic E-state index is 11.6. The quantitative estimate of drug-likeness (QED) is 0.718. The molecular weight excluding hydrogens is 164 g/mol. The Labute approximate surface area is 77.2 Å². The first-order valence-corrected chi connectivity index (χ1v) is 4.58. The van der Waals surface area contributed by atoms with Gasteiger partial charge in [0, 0.05) is 6.42 Å². The highest BCUT2D eigenvalue weighted by Gasteiger charge is 2.25. The predicted molar refractivity (Wildman–Crippen MR) is 49.8 cm³/mol. The van der Waals surface area contributed by atoms with Crippen molar-refractivity contribution in [2.45, 2.75) is 19.3 Å². The summed E-state index contributed by atoms with van der Waals surface area (Å²) in [6, 6.07) is 6.74. The van der Waals surface area contributed by atoms with Crippen molar-refractivity contribution in [3.63, 3.8) is 0 Å². The molecule has 0 atom stereocenters. The van der Waals surface area contributed by atoms with Crippen LogP contribution in [0.4, 0.5) is 0 Å². The van der Waals surface area contributed by atoms with Crippen LogP contribution in [0.25, 0.3) is 0 Å². The summed E-state index contributed by atoms with van der Waals surface area (Å²) in [4.78, 5) is 11.6. The number of Topliss-reactive ketones (excluding diaryl/α,β-unsaturated/α-hetero) is 1. The first-order valence-electron chi connectivity index (χ1n) is 4.58. The van der Waals surface area contributed by atoms with Gasteiger partial charge in [-0.3, -0.25) is 4.79 Å². The largest absolute Gasteiger partial charge is 0.507 e. The van der Waals surface area contributed by atoms with Gasteiger partial charge in [-0.05, 0) is 30.9 Å². The van der Waals surface area contributed by atoms with E-state index in [2.05, 4.69) is 0 Å². The van der Waals surface area contributed by atoms with Crippen LogP contribution in [0.3, 0.4) is 0 Å². The molecule has 1 aromatic rings. The van der Waals surface area contributed by atoms with Gasteiger partial charge >= 0.3 is 0 Å². The van der Waals surface area contributed by atoms with Crippen molar-refractivity contribution in [3.8, 4) is 5.75 Å². The average molecular weight is 176 g/mol. The molecule has 1 saturated carbocycles. The van der Waals surface area contributed by atoms with Gasteiger partial charge in [-0.25, -0.2) is 0 Å². The predicted octanol–water partition coefficient (Wildman–Crippen LogP) is 2.38. The average Bonchev–Trinajstić information content (AvgIpc) is 2.89. The number of benzene rings is 1. The molecule has 68 valence electrons. The maximum Gasteiger partial charge on any atom is 0.166 e. The Morgan fingerprint density at radius 1 is 1.38 bits per heavy atom. The Hall–Kier alpha value is -1.31. The lowest BCUT2D eigenvalue weighted by Crippen LogP contribution is -1.99. The van der Waals surface area contributed by atoms with Gasteiger partial charge in [0.25, 0.3) is 0 Å². The van der Waals surface area contributed by atoms with E-state index in [4.69, 9.17) is 0 Å². The fraction of sp³-hybridized carbons (Fsp3) is 0.364. The van der Waals surface area contributed by atoms with Crippen LogP contribution in [0.1, 0.15) is 29.6 Å². The number of phenolic OH excluding ortho intramolecular Hbond substituents is 1. The van der Waals surface area contributed by atoms with E-state index in [1.165, 1.54) is 12.8 Å². The first kappa shape index (κ1) is 8.30. The maximum atomic E-state index is 11.6. The Morgan fingerprint density at radius 2 is 2.08 bits per heavy atom. The summed E-state index contributed by atoms with van der Waals surface area (Å²) < 4.78 is 0. The van der Waals surface area contributed by atoms with E-state index >= 15 is 0 Å². The molecule has 1 aliphatic rings. The van der Waals surface area contributed by atoms with E-state index in [1.807, 2.05) is 0 Å². The van der Waals surface area contributed by atoms with Crippen LogP contribution in [-0.4, -0.2) is 10.9 Å². The summed E-state index contributed by atoms with van der Waals surface area (Å²) in [6.45, 7) is 0. The zero-order valence-electron chi connectivity index (χ0n) is 7.36. The molecule has 2 rings (SSSR count). The molecule has 1 N–H and O–H groups in total. The summed E-state index contributed by atoms with van der Waals surface area (Å²) in [7, 11) is 0. The van der Waals surface area contributed by atoms with E-state index in [1.54, 1.807) is 24.3 Å². The number of para-hydroxylation sites is 1. The minimum atomic E-state index is 0.0700. The topological polar surface area (TPSA) is 37.3 Å². The molecule has 13 heavy (non-hydrogen) atoms. The summed E-state index contributed by atoms with van der Waals surface area (Å²) in [6.07, 6.45) is 2.93. The molecule has 0 aromatic heterocycles. The van der Waals surface area contributed by atoms with E-state index in [0.717, 1.165) is 0 Å². The van der Waals surface area contributed by atoms with Gasteiger partial charge < -0.3 is 5.11 Å². The second kappa shape index (κ2) is 3.21. The van der Waals surface area contributed by atoms with Crippen LogP contribution in [0.15, 0.2) is 24.3 Å². The number of rotatable bonds is 3. The number of hydrogen-bond acceptors (Lipinski definition) is 2. The zero-order valence-corrected chi connectivity index (χ0v) is 7.36. The van der Waals surface area contributed by atoms with E-state index in [-0.39, 0.29) is 11.5 Å². The van der Waals surface area contributed by atoms with Gasteiger partial charge in [0.1, 0.15) is 5.75 Å². The molecule has 0 aliphatic heterocycles. The zero-order chi connectivity index (χ0) is 9.26. The molecule has 0 spiro atoms. The van der Waals surface area contributed by atoms with Crippen LogP contribution in [-0.2, 0) is 0 Å². The third-order valence-electron chi connectivity index (χ3n) is 2.38. The van der Waals surface area contributed by atoms with Crippen molar-refractivity contribution in [1.29, 1.82) is 0 Å². The highest BCUT2D eigenvalue weighted by atomic mass is 16.3. The number of carbonyl (C=O) groups excluding carboxylic acids is 1. The summed E-state index contributed by atoms with van der Waals surface area (Å²) in [5, 5.41) is 9.39. The SMILES string of the molecule is O=C(CC1CC1)c1ccccc1O. The number of hydrogen-bond donors (Lipinski definition) is 1. The molecule has 1 aliphatic carbocycles. The van der Waals surface area contributed by atoms with Crippen LogP contribution in [0.5, 0.6) is 5.75 Å². The Kier molecular flexibility index (Phi) is 2.05. The molecule has 1 aromatic carbocycles. The third kappa shape index (κ3) is 1.89. The van der Waals surface area contributed by atoms with Gasteiger partial charge in [0.05, 0.1) is 5.56 Å². The van der Waals surface area contributed by atoms with Crippen molar-refractivity contribution in [1.82, 2.24) is 0 Å². The number of carbonyl (C=O) groups is 1. The minimum Gasteiger partial charge on any atom is -0.507 e. The molecule has 2 heteroatoms. The molecule has 0 unspecified atom stereocenters. The summed E-state index contributed by atoms with van der Waals surface area (Å²) >= 11 is 0. The summed E-state index contributed by atoms with van der Waals surface area (Å²) in [5.74, 6) is 0.751. The molecule has 1 fully saturated rings. The smallest absolute Gasteiger partial charge is 0.166 e. The van der Waals surface area contributed by atoms with Crippen LogP contribution >= 0.6 is 0 Å². The van der Waals surface area contributed by atoms with Gasteiger partial charge in [-0.15, -0.1) is 0 Å². The van der Waals surface area contributed by atoms with Crippen LogP contribution in [0, 0.1) is 5.92 Å². The van der Waals surface area contributed by atoms with E-state index in [9.17, 15) is 9.90 Å². The second-order valence-corrected chi connectivity index (χ2v) is 3.59. The fourth-order valence-electron chi connectivity index (χ4n) is 1.40. The lowest BCUT2D eigenvalue weighted by Gasteiger charge is -2.01. The van der Waals surface area contributed by atoms with Gasteiger partial charge in [-0.2, -0.15) is 0 Å². The Bertz CT molecular complexity index is 327. The van der Waals surface area contributed by atoms with Gasteiger partial charge in [-0.1, -0.05) is 12.1 Å². The van der Waals surface area contributed by atoms with Crippen LogP contribution < -0.4 is 0 Å². The Morgan fingerprint density at radius 3 is 2.69 bits per heavy atom. The molecule has 2 nitrogen and oxygen atoms in total. The number of aromatic hydroxyl groups is 1. The standard InChI is InChI=1S/C11H12O2/c12-10-4-2-1-3-9(10)11(13)7-8-5-6-8/h1-4,8,12H,5-7H2. The number of ketones is 1. The van der Waals surface area contributed by atoms with Gasteiger partial charge in [0.15, 0.2) is 5.78 Å². The van der Waals surface area contributed by atoms with Crippen molar-refractivity contribution in [3.05, 3.63) is 29.8 Å². The molecule has 0 heterocycles. The van der Waals surface area contributed by atoms with Crippen molar-refractivity contribution in [2.75, 3.05) is 0 Å². The Balaban J connectivity index is 2.13. The lowest BCUT2D eigenvalue weighted by molar-refractivity contribution is 0.0973.